The molecule has 2 aromatic rings. The van der Waals surface area contributed by atoms with Crippen molar-refractivity contribution in [3.05, 3.63) is 70.8 Å². The van der Waals surface area contributed by atoms with Crippen molar-refractivity contribution in [3.63, 3.8) is 0 Å². The third-order valence-corrected chi connectivity index (χ3v) is 6.56. The Balaban J connectivity index is 1.88. The summed E-state index contributed by atoms with van der Waals surface area (Å²) in [6, 6.07) is 16.0. The number of carbonyl (C=O) groups is 2. The molecule has 0 unspecified atom stereocenters. The summed E-state index contributed by atoms with van der Waals surface area (Å²) in [6.45, 7) is 2.24. The van der Waals surface area contributed by atoms with E-state index < -0.39 is 10.8 Å². The van der Waals surface area contributed by atoms with Crippen molar-refractivity contribution in [1.29, 1.82) is 0 Å². The van der Waals surface area contributed by atoms with E-state index in [0.717, 1.165) is 22.3 Å². The van der Waals surface area contributed by atoms with Crippen molar-refractivity contribution >= 4 is 23.4 Å². The lowest BCUT2D eigenvalue weighted by Crippen LogP contribution is -2.50. The maximum atomic E-state index is 13.0. The summed E-state index contributed by atoms with van der Waals surface area (Å²) in [6.07, 6.45) is 0. The van der Waals surface area contributed by atoms with Gasteiger partial charge in [0.2, 0.25) is 11.8 Å². The number of amides is 2. The molecule has 4 aliphatic rings. The molecular formula is C20H16ClNO2. The van der Waals surface area contributed by atoms with Crippen molar-refractivity contribution in [2.75, 3.05) is 6.54 Å². The molecule has 0 spiro atoms. The number of benzene rings is 2. The number of halogens is 1. The van der Waals surface area contributed by atoms with Crippen LogP contribution in [0.4, 0.5) is 0 Å². The Labute approximate surface area is 145 Å². The highest BCUT2D eigenvalue weighted by Gasteiger charge is 2.67. The van der Waals surface area contributed by atoms with Crippen molar-refractivity contribution in [1.82, 2.24) is 4.90 Å². The average Bonchev–Trinajstić information content (AvgIpc) is 2.87. The standard InChI is InChI=1S/C20H16ClNO2/c1-2-22-18(23)16-15-11-7-3-5-9-13(11)20(21,17(16)19(22)24)14-10-6-4-8-12(14)15/h3-10,15-17H,2H2,1H3/t15?,16-,17+,20?/m1/s1. The zero-order chi connectivity index (χ0) is 16.6. The third kappa shape index (κ3) is 1.37. The average molecular weight is 338 g/mol. The number of rotatable bonds is 1. The Hall–Kier alpha value is -2.13. The Morgan fingerprint density at radius 3 is 2.04 bits per heavy atom. The molecule has 0 N–H and O–H groups in total. The predicted molar refractivity (Wildman–Crippen MR) is 90.7 cm³/mol. The van der Waals surface area contributed by atoms with Gasteiger partial charge < -0.3 is 0 Å². The number of hydrogen-bond donors (Lipinski definition) is 0. The topological polar surface area (TPSA) is 37.4 Å². The van der Waals surface area contributed by atoms with Crippen LogP contribution in [0.3, 0.4) is 0 Å². The van der Waals surface area contributed by atoms with E-state index in [4.69, 9.17) is 11.6 Å². The van der Waals surface area contributed by atoms with Crippen molar-refractivity contribution in [2.24, 2.45) is 11.8 Å². The summed E-state index contributed by atoms with van der Waals surface area (Å²) in [5, 5.41) is 0. The molecule has 4 heteroatoms. The summed E-state index contributed by atoms with van der Waals surface area (Å²) >= 11 is 7.24. The van der Waals surface area contributed by atoms with Crippen LogP contribution in [0.2, 0.25) is 0 Å². The molecule has 3 nitrogen and oxygen atoms in total. The van der Waals surface area contributed by atoms with Crippen LogP contribution in [0.5, 0.6) is 0 Å². The largest absolute Gasteiger partial charge is 0.282 e. The Morgan fingerprint density at radius 2 is 1.50 bits per heavy atom. The first-order valence-corrected chi connectivity index (χ1v) is 8.71. The summed E-state index contributed by atoms with van der Waals surface area (Å²) in [5.41, 5.74) is 4.14. The molecule has 1 saturated heterocycles. The normalized spacial score (nSPS) is 32.6. The smallest absolute Gasteiger partial charge is 0.235 e. The first-order valence-electron chi connectivity index (χ1n) is 8.33. The van der Waals surface area contributed by atoms with Gasteiger partial charge in [-0.2, -0.15) is 0 Å². The van der Waals surface area contributed by atoms with Gasteiger partial charge in [-0.05, 0) is 29.2 Å². The lowest BCUT2D eigenvalue weighted by molar-refractivity contribution is -0.139. The molecule has 0 saturated carbocycles. The summed E-state index contributed by atoms with van der Waals surface area (Å²) in [5.74, 6) is -1.19. The second-order valence-corrected chi connectivity index (χ2v) is 7.38. The molecule has 0 radical (unpaired) electrons. The Morgan fingerprint density at radius 1 is 0.958 bits per heavy atom. The highest BCUT2D eigenvalue weighted by molar-refractivity contribution is 6.30. The van der Waals surface area contributed by atoms with Crippen LogP contribution in [-0.4, -0.2) is 23.3 Å². The second kappa shape index (κ2) is 4.48. The Bertz CT molecular complexity index is 859. The second-order valence-electron chi connectivity index (χ2n) is 6.79. The van der Waals surface area contributed by atoms with Crippen LogP contribution >= 0.6 is 11.6 Å². The molecule has 3 aliphatic carbocycles. The molecule has 2 atom stereocenters. The number of imide groups is 1. The van der Waals surface area contributed by atoms with E-state index in [0.29, 0.717) is 6.54 Å². The van der Waals surface area contributed by atoms with Gasteiger partial charge in [0.1, 0.15) is 4.87 Å². The highest BCUT2D eigenvalue weighted by Crippen LogP contribution is 2.65. The van der Waals surface area contributed by atoms with Crippen molar-refractivity contribution < 1.29 is 9.59 Å². The van der Waals surface area contributed by atoms with E-state index in [1.807, 2.05) is 43.3 Å². The van der Waals surface area contributed by atoms with E-state index >= 15 is 0 Å². The van der Waals surface area contributed by atoms with Crippen LogP contribution in [0.25, 0.3) is 0 Å². The maximum absolute atomic E-state index is 13.0. The van der Waals surface area contributed by atoms with Gasteiger partial charge in [-0.3, -0.25) is 14.5 Å². The number of hydrogen-bond acceptors (Lipinski definition) is 2. The third-order valence-electron chi connectivity index (χ3n) is 5.92. The van der Waals surface area contributed by atoms with Crippen LogP contribution in [-0.2, 0) is 14.5 Å². The molecule has 24 heavy (non-hydrogen) atoms. The summed E-state index contributed by atoms with van der Waals surface area (Å²) < 4.78 is 0. The first kappa shape index (κ1) is 14.2. The van der Waals surface area contributed by atoms with Gasteiger partial charge in [-0.15, -0.1) is 11.6 Å². The monoisotopic (exact) mass is 337 g/mol. The number of carbonyl (C=O) groups excluding carboxylic acids is 2. The molecule has 2 aromatic carbocycles. The van der Waals surface area contributed by atoms with Gasteiger partial charge in [-0.1, -0.05) is 48.5 Å². The van der Waals surface area contributed by atoms with Gasteiger partial charge in [0.15, 0.2) is 0 Å². The number of nitrogens with zero attached hydrogens (tertiary/aromatic N) is 1. The summed E-state index contributed by atoms with van der Waals surface area (Å²) in [7, 11) is 0. The zero-order valence-electron chi connectivity index (χ0n) is 13.2. The molecule has 6 rings (SSSR count). The van der Waals surface area contributed by atoms with Crippen molar-refractivity contribution in [2.45, 2.75) is 17.7 Å². The molecular weight excluding hydrogens is 322 g/mol. The minimum absolute atomic E-state index is 0.0773. The van der Waals surface area contributed by atoms with Crippen LogP contribution < -0.4 is 0 Å². The van der Waals surface area contributed by atoms with E-state index in [2.05, 4.69) is 12.1 Å². The van der Waals surface area contributed by atoms with E-state index in [-0.39, 0.29) is 23.7 Å². The van der Waals surface area contributed by atoms with Gasteiger partial charge in [0, 0.05) is 12.5 Å². The van der Waals surface area contributed by atoms with E-state index in [9.17, 15) is 9.59 Å². The van der Waals surface area contributed by atoms with Crippen LogP contribution in [0, 0.1) is 11.8 Å². The van der Waals surface area contributed by atoms with Gasteiger partial charge in [0.25, 0.3) is 0 Å². The zero-order valence-corrected chi connectivity index (χ0v) is 14.0. The lowest BCUT2D eigenvalue weighted by atomic mass is 9.54. The number of alkyl halides is 1. The van der Waals surface area contributed by atoms with E-state index in [1.54, 1.807) is 0 Å². The molecule has 1 heterocycles. The first-order chi connectivity index (χ1) is 11.6. The minimum Gasteiger partial charge on any atom is -0.282 e. The quantitative estimate of drug-likeness (QED) is 0.591. The lowest BCUT2D eigenvalue weighted by Gasteiger charge is -2.50. The minimum atomic E-state index is -0.955. The molecule has 2 bridgehead atoms. The fourth-order valence-electron chi connectivity index (χ4n) is 5.05. The molecule has 120 valence electrons. The van der Waals surface area contributed by atoms with Gasteiger partial charge in [0.05, 0.1) is 11.8 Å². The molecule has 0 aromatic heterocycles. The Kier molecular flexibility index (Phi) is 2.66. The van der Waals surface area contributed by atoms with Crippen LogP contribution in [0.1, 0.15) is 35.1 Å². The molecule has 1 aliphatic heterocycles. The molecule has 1 fully saturated rings. The predicted octanol–water partition coefficient (Wildman–Crippen LogP) is 3.25. The summed E-state index contributed by atoms with van der Waals surface area (Å²) in [4.78, 5) is 26.4. The maximum Gasteiger partial charge on any atom is 0.235 e. The van der Waals surface area contributed by atoms with Crippen molar-refractivity contribution in [3.8, 4) is 0 Å². The van der Waals surface area contributed by atoms with Crippen LogP contribution in [0.15, 0.2) is 48.5 Å². The highest BCUT2D eigenvalue weighted by atomic mass is 35.5. The number of likely N-dealkylation sites (tertiary alicyclic amines) is 1. The SMILES string of the molecule is CCN1C(=O)[C@@H]2C3c4ccccc4C(Cl)(c4ccccc43)[C@@H]2C1=O. The van der Waals surface area contributed by atoms with Gasteiger partial charge in [-0.25, -0.2) is 0 Å². The molecule has 2 amide bonds. The van der Waals surface area contributed by atoms with Gasteiger partial charge >= 0.3 is 0 Å². The fourth-order valence-corrected chi connectivity index (χ4v) is 5.62. The van der Waals surface area contributed by atoms with E-state index in [1.165, 1.54) is 4.90 Å². The fraction of sp³-hybridized carbons (Fsp3) is 0.300.